The predicted molar refractivity (Wildman–Crippen MR) is 73.1 cm³/mol. The molecule has 0 atom stereocenters. The lowest BCUT2D eigenvalue weighted by molar-refractivity contribution is -0.121. The first-order valence-electron chi connectivity index (χ1n) is 6.85. The Morgan fingerprint density at radius 1 is 1.37 bits per heavy atom. The summed E-state index contributed by atoms with van der Waals surface area (Å²) in [7, 11) is 1.66. The van der Waals surface area contributed by atoms with E-state index in [1.807, 2.05) is 12.1 Å². The minimum absolute atomic E-state index is 0.0694. The van der Waals surface area contributed by atoms with Crippen LogP contribution in [0.2, 0.25) is 0 Å². The van der Waals surface area contributed by atoms with Crippen molar-refractivity contribution in [3.63, 3.8) is 0 Å². The third kappa shape index (κ3) is 4.99. The van der Waals surface area contributed by atoms with Gasteiger partial charge in [0.05, 0.1) is 0 Å². The Morgan fingerprint density at radius 3 is 2.63 bits per heavy atom. The van der Waals surface area contributed by atoms with Gasteiger partial charge >= 0.3 is 0 Å². The van der Waals surface area contributed by atoms with Crippen LogP contribution in [-0.2, 0) is 11.3 Å². The van der Waals surface area contributed by atoms with Crippen LogP contribution in [0.15, 0.2) is 24.3 Å². The number of carbonyl (C=O) groups excluding carboxylic acids is 1. The largest absolute Gasteiger partial charge is 0.359 e. The summed E-state index contributed by atoms with van der Waals surface area (Å²) in [6.45, 7) is 2.58. The lowest BCUT2D eigenvalue weighted by Crippen LogP contribution is -2.30. The lowest BCUT2D eigenvalue weighted by Gasteiger charge is -2.22. The molecule has 1 aliphatic rings. The number of carbonyl (C=O) groups is 1. The average molecular weight is 264 g/mol. The SMILES string of the molecule is CNC(=O)CCN(Cc1ccc(F)cc1)CC1CC1. The number of nitrogens with one attached hydrogen (secondary N) is 1. The fraction of sp³-hybridized carbons (Fsp3) is 0.533. The van der Waals surface area contributed by atoms with Crippen LogP contribution in [-0.4, -0.2) is 30.9 Å². The molecule has 2 rings (SSSR count). The highest BCUT2D eigenvalue weighted by Gasteiger charge is 2.24. The molecule has 1 aliphatic carbocycles. The molecular weight excluding hydrogens is 243 g/mol. The molecule has 1 amide bonds. The van der Waals surface area contributed by atoms with Crippen molar-refractivity contribution >= 4 is 5.91 Å². The van der Waals surface area contributed by atoms with Gasteiger partial charge in [0.15, 0.2) is 0 Å². The maximum absolute atomic E-state index is 12.9. The zero-order chi connectivity index (χ0) is 13.7. The molecule has 0 saturated heterocycles. The zero-order valence-corrected chi connectivity index (χ0v) is 11.4. The average Bonchev–Trinajstić information content (AvgIpc) is 3.22. The van der Waals surface area contributed by atoms with Crippen LogP contribution in [0.4, 0.5) is 4.39 Å². The second-order valence-electron chi connectivity index (χ2n) is 5.23. The fourth-order valence-electron chi connectivity index (χ4n) is 2.13. The van der Waals surface area contributed by atoms with Crippen LogP contribution in [0.1, 0.15) is 24.8 Å². The summed E-state index contributed by atoms with van der Waals surface area (Å²) in [4.78, 5) is 13.6. The lowest BCUT2D eigenvalue weighted by atomic mass is 10.2. The monoisotopic (exact) mass is 264 g/mol. The first-order chi connectivity index (χ1) is 9.17. The summed E-state index contributed by atoms with van der Waals surface area (Å²) in [6.07, 6.45) is 3.10. The molecular formula is C15H21FN2O. The first-order valence-corrected chi connectivity index (χ1v) is 6.85. The molecule has 0 unspecified atom stereocenters. The molecule has 1 saturated carbocycles. The van der Waals surface area contributed by atoms with E-state index in [0.29, 0.717) is 6.42 Å². The summed E-state index contributed by atoms with van der Waals surface area (Å²) < 4.78 is 12.9. The molecule has 0 aromatic heterocycles. The summed E-state index contributed by atoms with van der Waals surface area (Å²) in [5.41, 5.74) is 1.10. The third-order valence-electron chi connectivity index (χ3n) is 3.47. The van der Waals surface area contributed by atoms with Crippen LogP contribution in [0, 0.1) is 11.7 Å². The van der Waals surface area contributed by atoms with Crippen LogP contribution >= 0.6 is 0 Å². The second kappa shape index (κ2) is 6.66. The second-order valence-corrected chi connectivity index (χ2v) is 5.23. The molecule has 0 bridgehead atoms. The molecule has 104 valence electrons. The number of nitrogens with zero attached hydrogens (tertiary/aromatic N) is 1. The van der Waals surface area contributed by atoms with Gasteiger partial charge in [-0.3, -0.25) is 9.69 Å². The third-order valence-corrected chi connectivity index (χ3v) is 3.47. The number of rotatable bonds is 7. The van der Waals surface area contributed by atoms with E-state index in [0.717, 1.165) is 31.1 Å². The van der Waals surface area contributed by atoms with Crippen molar-refractivity contribution in [2.24, 2.45) is 5.92 Å². The number of hydrogen-bond donors (Lipinski definition) is 1. The van der Waals surface area contributed by atoms with Crippen LogP contribution in [0.25, 0.3) is 0 Å². The van der Waals surface area contributed by atoms with Gasteiger partial charge in [-0.15, -0.1) is 0 Å². The Morgan fingerprint density at radius 2 is 2.05 bits per heavy atom. The Bertz CT molecular complexity index is 415. The van der Waals surface area contributed by atoms with E-state index < -0.39 is 0 Å². The number of amides is 1. The van der Waals surface area contributed by atoms with Gasteiger partial charge in [-0.25, -0.2) is 4.39 Å². The minimum atomic E-state index is -0.206. The highest BCUT2D eigenvalue weighted by atomic mass is 19.1. The quantitative estimate of drug-likeness (QED) is 0.818. The summed E-state index contributed by atoms with van der Waals surface area (Å²) in [6, 6.07) is 6.61. The zero-order valence-electron chi connectivity index (χ0n) is 11.4. The van der Waals surface area contributed by atoms with Crippen molar-refractivity contribution in [1.82, 2.24) is 10.2 Å². The van der Waals surface area contributed by atoms with Gasteiger partial charge in [0.2, 0.25) is 5.91 Å². The smallest absolute Gasteiger partial charge is 0.221 e. The van der Waals surface area contributed by atoms with Gasteiger partial charge < -0.3 is 5.32 Å². The Hall–Kier alpha value is -1.42. The van der Waals surface area contributed by atoms with Crippen LogP contribution in [0.5, 0.6) is 0 Å². The van der Waals surface area contributed by atoms with Gasteiger partial charge in [-0.1, -0.05) is 12.1 Å². The highest BCUT2D eigenvalue weighted by Crippen LogP contribution is 2.30. The molecule has 0 aliphatic heterocycles. The molecule has 0 heterocycles. The maximum Gasteiger partial charge on any atom is 0.221 e. The Kier molecular flexibility index (Phi) is 4.91. The molecule has 1 N–H and O–H groups in total. The van der Waals surface area contributed by atoms with E-state index in [2.05, 4.69) is 10.2 Å². The molecule has 1 aromatic carbocycles. The van der Waals surface area contributed by atoms with E-state index in [9.17, 15) is 9.18 Å². The van der Waals surface area contributed by atoms with E-state index in [1.165, 1.54) is 25.0 Å². The van der Waals surface area contributed by atoms with E-state index in [-0.39, 0.29) is 11.7 Å². The maximum atomic E-state index is 12.9. The van der Waals surface area contributed by atoms with Crippen molar-refractivity contribution in [1.29, 1.82) is 0 Å². The number of benzene rings is 1. The first kappa shape index (κ1) is 14.0. The van der Waals surface area contributed by atoms with Gasteiger partial charge in [0.25, 0.3) is 0 Å². The minimum Gasteiger partial charge on any atom is -0.359 e. The summed E-state index contributed by atoms with van der Waals surface area (Å²) in [5, 5.41) is 2.65. The van der Waals surface area contributed by atoms with Gasteiger partial charge in [-0.2, -0.15) is 0 Å². The van der Waals surface area contributed by atoms with Gasteiger partial charge in [0, 0.05) is 33.1 Å². The van der Waals surface area contributed by atoms with Crippen LogP contribution < -0.4 is 5.32 Å². The van der Waals surface area contributed by atoms with E-state index in [4.69, 9.17) is 0 Å². The molecule has 3 nitrogen and oxygen atoms in total. The highest BCUT2D eigenvalue weighted by molar-refractivity contribution is 5.75. The summed E-state index contributed by atoms with van der Waals surface area (Å²) >= 11 is 0. The van der Waals surface area contributed by atoms with Crippen molar-refractivity contribution < 1.29 is 9.18 Å². The molecule has 0 radical (unpaired) electrons. The normalized spacial score (nSPS) is 14.7. The van der Waals surface area contributed by atoms with Gasteiger partial charge in [-0.05, 0) is 36.5 Å². The van der Waals surface area contributed by atoms with Crippen molar-refractivity contribution in [3.8, 4) is 0 Å². The standard InChI is InChI=1S/C15H21FN2O/c1-17-15(19)8-9-18(10-12-2-3-12)11-13-4-6-14(16)7-5-13/h4-7,12H,2-3,8-11H2,1H3,(H,17,19). The fourth-order valence-corrected chi connectivity index (χ4v) is 2.13. The molecule has 1 aromatic rings. The molecule has 4 heteroatoms. The number of hydrogen-bond acceptors (Lipinski definition) is 2. The van der Waals surface area contributed by atoms with E-state index >= 15 is 0 Å². The Balaban J connectivity index is 1.88. The van der Waals surface area contributed by atoms with Crippen molar-refractivity contribution in [2.75, 3.05) is 20.1 Å². The molecule has 19 heavy (non-hydrogen) atoms. The van der Waals surface area contributed by atoms with Gasteiger partial charge in [0.1, 0.15) is 5.82 Å². The van der Waals surface area contributed by atoms with Crippen molar-refractivity contribution in [2.45, 2.75) is 25.8 Å². The Labute approximate surface area is 113 Å². The van der Waals surface area contributed by atoms with Crippen molar-refractivity contribution in [3.05, 3.63) is 35.6 Å². The number of halogens is 1. The summed E-state index contributed by atoms with van der Waals surface area (Å²) in [5.74, 6) is 0.646. The topological polar surface area (TPSA) is 32.3 Å². The predicted octanol–water partition coefficient (Wildman–Crippen LogP) is 2.17. The van der Waals surface area contributed by atoms with Crippen LogP contribution in [0.3, 0.4) is 0 Å². The molecule has 1 fully saturated rings. The van der Waals surface area contributed by atoms with E-state index in [1.54, 1.807) is 7.05 Å². The molecule has 0 spiro atoms.